The molecule has 1 heterocycles. The van der Waals surface area contributed by atoms with Gasteiger partial charge >= 0.3 is 5.69 Å². The first kappa shape index (κ1) is 14.5. The molecule has 1 aliphatic heterocycles. The van der Waals surface area contributed by atoms with Gasteiger partial charge in [0.2, 0.25) is 15.8 Å². The fourth-order valence-corrected chi connectivity index (χ4v) is 3.43. The second kappa shape index (κ2) is 5.25. The van der Waals surface area contributed by atoms with Crippen LogP contribution in [0.5, 0.6) is 0 Å². The van der Waals surface area contributed by atoms with Crippen LogP contribution in [-0.4, -0.2) is 36.5 Å². The van der Waals surface area contributed by atoms with E-state index in [1.165, 1.54) is 0 Å². The second-order valence-corrected chi connectivity index (χ2v) is 6.29. The molecule has 1 saturated heterocycles. The highest BCUT2D eigenvalue weighted by molar-refractivity contribution is 7.89. The summed E-state index contributed by atoms with van der Waals surface area (Å²) >= 11 is 0. The lowest BCUT2D eigenvalue weighted by Crippen LogP contribution is -2.40. The number of Topliss-reactive ketones (excluding diaryl/α,β-unsaturated/α-hetero) is 1. The Bertz CT molecular complexity index is 673. The number of sulfonamides is 1. The van der Waals surface area contributed by atoms with Gasteiger partial charge in [-0.15, -0.1) is 0 Å². The summed E-state index contributed by atoms with van der Waals surface area (Å²) in [5, 5.41) is 10.5. The van der Waals surface area contributed by atoms with Gasteiger partial charge in [0.25, 0.3) is 0 Å². The molecule has 7 nitrogen and oxygen atoms in total. The second-order valence-electron chi connectivity index (χ2n) is 4.35. The van der Waals surface area contributed by atoms with Crippen molar-refractivity contribution in [2.45, 2.75) is 17.7 Å². The zero-order chi connectivity index (χ0) is 14.9. The van der Waals surface area contributed by atoms with Crippen LogP contribution in [0.25, 0.3) is 0 Å². The molecule has 0 bridgehead atoms. The number of nitrogens with zero attached hydrogens (tertiary/aromatic N) is 2. The summed E-state index contributed by atoms with van der Waals surface area (Å²) < 4.78 is 38.8. The highest BCUT2D eigenvalue weighted by atomic mass is 32.2. The minimum atomic E-state index is -4.01. The zero-order valence-electron chi connectivity index (χ0n) is 10.3. The summed E-state index contributed by atoms with van der Waals surface area (Å²) in [7, 11) is -4.01. The quantitative estimate of drug-likeness (QED) is 0.615. The van der Waals surface area contributed by atoms with Crippen LogP contribution in [0.3, 0.4) is 0 Å². The number of nitro groups is 1. The van der Waals surface area contributed by atoms with E-state index in [1.807, 2.05) is 0 Å². The third-order valence-corrected chi connectivity index (χ3v) is 4.81. The lowest BCUT2D eigenvalue weighted by atomic mass is 10.1. The molecule has 1 aromatic carbocycles. The van der Waals surface area contributed by atoms with Gasteiger partial charge in [0.15, 0.2) is 0 Å². The Morgan fingerprint density at radius 2 is 2.05 bits per heavy atom. The molecular formula is C11H11FN2O5S. The molecule has 0 aliphatic carbocycles. The Morgan fingerprint density at radius 3 is 2.60 bits per heavy atom. The van der Waals surface area contributed by atoms with Crippen LogP contribution in [0.1, 0.15) is 12.8 Å². The van der Waals surface area contributed by atoms with E-state index < -0.39 is 31.3 Å². The largest absolute Gasteiger partial charge is 0.304 e. The lowest BCUT2D eigenvalue weighted by Gasteiger charge is -2.24. The summed E-state index contributed by atoms with van der Waals surface area (Å²) in [5.41, 5.74) is -0.793. The molecule has 0 atom stereocenters. The minimum Gasteiger partial charge on any atom is -0.298 e. The Balaban J connectivity index is 2.37. The number of rotatable bonds is 3. The third kappa shape index (κ3) is 2.68. The van der Waals surface area contributed by atoms with E-state index in [-0.39, 0.29) is 18.9 Å². The van der Waals surface area contributed by atoms with Crippen molar-refractivity contribution < 1.29 is 22.5 Å². The van der Waals surface area contributed by atoms with E-state index in [4.69, 9.17) is 0 Å². The molecule has 2 rings (SSSR count). The normalized spacial score (nSPS) is 17.1. The molecule has 0 N–H and O–H groups in total. The third-order valence-electron chi connectivity index (χ3n) is 2.97. The van der Waals surface area contributed by atoms with E-state index in [0.29, 0.717) is 18.9 Å². The van der Waals surface area contributed by atoms with Crippen molar-refractivity contribution in [1.82, 2.24) is 4.31 Å². The van der Waals surface area contributed by atoms with Crippen LogP contribution >= 0.6 is 0 Å². The number of carbonyl (C=O) groups excluding carboxylic acids is 1. The molecule has 108 valence electrons. The van der Waals surface area contributed by atoms with Gasteiger partial charge in [-0.2, -0.15) is 8.70 Å². The van der Waals surface area contributed by atoms with E-state index in [0.717, 1.165) is 16.4 Å². The maximum Gasteiger partial charge on any atom is 0.304 e. The van der Waals surface area contributed by atoms with Crippen LogP contribution in [0.4, 0.5) is 10.1 Å². The number of hydrogen-bond donors (Lipinski definition) is 0. The van der Waals surface area contributed by atoms with Crippen molar-refractivity contribution in [3.8, 4) is 0 Å². The topological polar surface area (TPSA) is 97.6 Å². The van der Waals surface area contributed by atoms with Crippen LogP contribution in [-0.2, 0) is 14.8 Å². The van der Waals surface area contributed by atoms with E-state index in [2.05, 4.69) is 0 Å². The van der Waals surface area contributed by atoms with Gasteiger partial charge in [0, 0.05) is 25.1 Å². The van der Waals surface area contributed by atoms with Gasteiger partial charge < -0.3 is 0 Å². The molecule has 0 spiro atoms. The van der Waals surface area contributed by atoms with Crippen LogP contribution in [0.2, 0.25) is 0 Å². The standard InChI is InChI=1S/C11H11FN2O5S/c12-10-6-9(3-4-11(10)14(16)17)20(18,19)13-5-1-2-8(15)7-13/h3-4,6H,1-2,5,7H2. The van der Waals surface area contributed by atoms with E-state index in [1.54, 1.807) is 0 Å². The zero-order valence-corrected chi connectivity index (χ0v) is 11.1. The molecule has 0 radical (unpaired) electrons. The maximum absolute atomic E-state index is 13.5. The highest BCUT2D eigenvalue weighted by Crippen LogP contribution is 2.24. The fourth-order valence-electron chi connectivity index (χ4n) is 1.96. The Kier molecular flexibility index (Phi) is 3.82. The van der Waals surface area contributed by atoms with Gasteiger partial charge in [-0.3, -0.25) is 14.9 Å². The molecule has 1 aromatic rings. The van der Waals surface area contributed by atoms with E-state index in [9.17, 15) is 27.7 Å². The van der Waals surface area contributed by atoms with Gasteiger partial charge in [0.05, 0.1) is 16.4 Å². The molecule has 0 unspecified atom stereocenters. The molecule has 0 saturated carbocycles. The monoisotopic (exact) mass is 302 g/mol. The summed E-state index contributed by atoms with van der Waals surface area (Å²) in [6, 6.07) is 2.37. The number of benzene rings is 1. The average molecular weight is 302 g/mol. The van der Waals surface area contributed by atoms with E-state index >= 15 is 0 Å². The summed E-state index contributed by atoms with van der Waals surface area (Å²) in [4.78, 5) is 20.5. The van der Waals surface area contributed by atoms with Crippen molar-refractivity contribution in [3.05, 3.63) is 34.1 Å². The predicted octanol–water partition coefficient (Wildman–Crippen LogP) is 1.09. The molecular weight excluding hydrogens is 291 g/mol. The van der Waals surface area contributed by atoms with Crippen molar-refractivity contribution in [2.24, 2.45) is 0 Å². The van der Waals surface area contributed by atoms with Crippen LogP contribution < -0.4 is 0 Å². The number of carbonyl (C=O) groups is 1. The van der Waals surface area contributed by atoms with Gasteiger partial charge in [-0.05, 0) is 12.5 Å². The number of nitro benzene ring substituents is 1. The summed E-state index contributed by atoms with van der Waals surface area (Å²) in [6.07, 6.45) is 0.730. The maximum atomic E-state index is 13.5. The first-order chi connectivity index (χ1) is 9.32. The Hall–Kier alpha value is -1.87. The number of piperidine rings is 1. The Labute approximate surface area is 114 Å². The van der Waals surface area contributed by atoms with Gasteiger partial charge in [0.1, 0.15) is 5.78 Å². The highest BCUT2D eigenvalue weighted by Gasteiger charge is 2.30. The minimum absolute atomic E-state index is 0.173. The van der Waals surface area contributed by atoms with Crippen LogP contribution in [0.15, 0.2) is 23.1 Å². The molecule has 0 amide bonds. The smallest absolute Gasteiger partial charge is 0.298 e. The number of ketones is 1. The van der Waals surface area contributed by atoms with Gasteiger partial charge in [-0.1, -0.05) is 0 Å². The van der Waals surface area contributed by atoms with Crippen molar-refractivity contribution >= 4 is 21.5 Å². The predicted molar refractivity (Wildman–Crippen MR) is 66.1 cm³/mol. The summed E-state index contributed by atoms with van der Waals surface area (Å²) in [6.45, 7) is -0.0758. The van der Waals surface area contributed by atoms with Crippen LogP contribution in [0, 0.1) is 15.9 Å². The molecule has 1 aliphatic rings. The molecule has 9 heteroatoms. The van der Waals surface area contributed by atoms with Crippen molar-refractivity contribution in [1.29, 1.82) is 0 Å². The Morgan fingerprint density at radius 1 is 1.35 bits per heavy atom. The van der Waals surface area contributed by atoms with Gasteiger partial charge in [-0.25, -0.2) is 8.42 Å². The number of hydrogen-bond acceptors (Lipinski definition) is 5. The molecule has 20 heavy (non-hydrogen) atoms. The molecule has 1 fully saturated rings. The summed E-state index contributed by atoms with van der Waals surface area (Å²) in [5.74, 6) is -1.43. The van der Waals surface area contributed by atoms with Crippen molar-refractivity contribution in [2.75, 3.05) is 13.1 Å². The average Bonchev–Trinajstić information content (AvgIpc) is 2.38. The molecule has 0 aromatic heterocycles. The lowest BCUT2D eigenvalue weighted by molar-refractivity contribution is -0.387. The number of halogens is 1. The SMILES string of the molecule is O=C1CCCN(S(=O)(=O)c2ccc([N+](=O)[O-])c(F)c2)C1. The van der Waals surface area contributed by atoms with Crippen molar-refractivity contribution in [3.63, 3.8) is 0 Å². The first-order valence-electron chi connectivity index (χ1n) is 5.78. The fraction of sp³-hybridized carbons (Fsp3) is 0.364. The first-order valence-corrected chi connectivity index (χ1v) is 7.22.